The third-order valence-electron chi connectivity index (χ3n) is 3.35. The van der Waals surface area contributed by atoms with Gasteiger partial charge in [-0.05, 0) is 37.1 Å². The van der Waals surface area contributed by atoms with Crippen LogP contribution in [-0.2, 0) is 4.74 Å². The second-order valence-corrected chi connectivity index (χ2v) is 4.64. The number of benzene rings is 1. The van der Waals surface area contributed by atoms with E-state index < -0.39 is 0 Å². The maximum Gasteiger partial charge on any atom is 0.119 e. The van der Waals surface area contributed by atoms with Crippen LogP contribution < -0.4 is 15.8 Å². The predicted octanol–water partition coefficient (Wildman–Crippen LogP) is 1.46. The normalized spacial score (nSPS) is 20.9. The first-order chi connectivity index (χ1) is 8.81. The monoisotopic (exact) mass is 250 g/mol. The minimum atomic E-state index is 0.0699. The zero-order chi connectivity index (χ0) is 12.8. The molecule has 1 heterocycles. The maximum atomic E-state index is 6.25. The lowest BCUT2D eigenvalue weighted by Gasteiger charge is -2.20. The van der Waals surface area contributed by atoms with Gasteiger partial charge in [-0.2, -0.15) is 0 Å². The molecule has 0 amide bonds. The summed E-state index contributed by atoms with van der Waals surface area (Å²) < 4.78 is 10.5. The maximum absolute atomic E-state index is 6.25. The van der Waals surface area contributed by atoms with Gasteiger partial charge in [-0.1, -0.05) is 12.1 Å². The van der Waals surface area contributed by atoms with Gasteiger partial charge >= 0.3 is 0 Å². The van der Waals surface area contributed by atoms with Crippen molar-refractivity contribution in [2.24, 2.45) is 5.73 Å². The molecular formula is C14H22N2O2. The van der Waals surface area contributed by atoms with Crippen molar-refractivity contribution in [3.8, 4) is 5.75 Å². The van der Waals surface area contributed by atoms with Gasteiger partial charge in [0.1, 0.15) is 12.4 Å². The molecule has 100 valence electrons. The molecule has 1 fully saturated rings. The summed E-state index contributed by atoms with van der Waals surface area (Å²) in [7, 11) is 1.67. The van der Waals surface area contributed by atoms with Gasteiger partial charge in [-0.25, -0.2) is 0 Å². The van der Waals surface area contributed by atoms with Crippen LogP contribution in [-0.4, -0.2) is 32.9 Å². The number of nitrogens with two attached hydrogens (primary N) is 1. The van der Waals surface area contributed by atoms with Crippen molar-refractivity contribution in [3.63, 3.8) is 0 Å². The highest BCUT2D eigenvalue weighted by atomic mass is 16.5. The van der Waals surface area contributed by atoms with E-state index in [0.29, 0.717) is 19.3 Å². The lowest BCUT2D eigenvalue weighted by atomic mass is 9.99. The van der Waals surface area contributed by atoms with Crippen molar-refractivity contribution >= 4 is 0 Å². The van der Waals surface area contributed by atoms with Crippen molar-refractivity contribution in [2.75, 3.05) is 26.9 Å². The second kappa shape index (κ2) is 6.73. The molecular weight excluding hydrogens is 228 g/mol. The van der Waals surface area contributed by atoms with Crippen molar-refractivity contribution in [2.45, 2.75) is 24.9 Å². The Hall–Kier alpha value is -1.10. The van der Waals surface area contributed by atoms with Gasteiger partial charge in [0.25, 0.3) is 0 Å². The molecule has 4 heteroatoms. The lowest BCUT2D eigenvalue weighted by Crippen LogP contribution is -2.34. The van der Waals surface area contributed by atoms with Gasteiger partial charge in [0.2, 0.25) is 0 Å². The van der Waals surface area contributed by atoms with Gasteiger partial charge in [-0.15, -0.1) is 0 Å². The van der Waals surface area contributed by atoms with Crippen LogP contribution in [0.5, 0.6) is 5.75 Å². The number of hydrogen-bond donors (Lipinski definition) is 2. The van der Waals surface area contributed by atoms with Gasteiger partial charge in [0, 0.05) is 19.2 Å². The van der Waals surface area contributed by atoms with E-state index in [-0.39, 0.29) is 6.04 Å². The van der Waals surface area contributed by atoms with E-state index in [1.54, 1.807) is 7.11 Å². The average molecular weight is 250 g/mol. The quantitative estimate of drug-likeness (QED) is 0.751. The van der Waals surface area contributed by atoms with Crippen LogP contribution in [0.4, 0.5) is 0 Å². The first-order valence-electron chi connectivity index (χ1n) is 6.52. The fourth-order valence-electron chi connectivity index (χ4n) is 2.28. The average Bonchev–Trinajstić information content (AvgIpc) is 2.93. The van der Waals surface area contributed by atoms with Crippen molar-refractivity contribution in [1.82, 2.24) is 5.32 Å². The molecule has 1 aromatic carbocycles. The summed E-state index contributed by atoms with van der Waals surface area (Å²) >= 11 is 0. The van der Waals surface area contributed by atoms with Gasteiger partial charge in [-0.3, -0.25) is 0 Å². The molecule has 0 spiro atoms. The molecule has 1 aliphatic heterocycles. The highest BCUT2D eigenvalue weighted by Crippen LogP contribution is 2.22. The Kier molecular flexibility index (Phi) is 4.99. The lowest BCUT2D eigenvalue weighted by molar-refractivity contribution is 0.146. The summed E-state index contributed by atoms with van der Waals surface area (Å²) in [5.41, 5.74) is 7.41. The fraction of sp³-hybridized carbons (Fsp3) is 0.571. The molecule has 2 unspecified atom stereocenters. The van der Waals surface area contributed by atoms with Crippen LogP contribution >= 0.6 is 0 Å². The van der Waals surface area contributed by atoms with Crippen LogP contribution in [0.1, 0.15) is 24.4 Å². The summed E-state index contributed by atoms with van der Waals surface area (Å²) in [6, 6.07) is 8.52. The predicted molar refractivity (Wildman–Crippen MR) is 71.8 cm³/mol. The SMILES string of the molecule is COCCOc1ccc(C(N)C2CCCN2)cc1. The Morgan fingerprint density at radius 3 is 2.72 bits per heavy atom. The van der Waals surface area contributed by atoms with Crippen LogP contribution in [0.2, 0.25) is 0 Å². The number of ether oxygens (including phenoxy) is 2. The zero-order valence-electron chi connectivity index (χ0n) is 10.9. The highest BCUT2D eigenvalue weighted by molar-refractivity contribution is 5.30. The first-order valence-corrected chi connectivity index (χ1v) is 6.52. The molecule has 0 aliphatic carbocycles. The molecule has 4 nitrogen and oxygen atoms in total. The molecule has 0 aromatic heterocycles. The summed E-state index contributed by atoms with van der Waals surface area (Å²) in [6.45, 7) is 2.26. The number of methoxy groups -OCH3 is 1. The Morgan fingerprint density at radius 1 is 1.33 bits per heavy atom. The molecule has 1 aromatic rings. The second-order valence-electron chi connectivity index (χ2n) is 4.64. The number of rotatable bonds is 6. The highest BCUT2D eigenvalue weighted by Gasteiger charge is 2.22. The summed E-state index contributed by atoms with van der Waals surface area (Å²) in [6.07, 6.45) is 2.38. The molecule has 0 saturated carbocycles. The Labute approximate surface area is 108 Å². The van der Waals surface area contributed by atoms with Crippen LogP contribution in [0.3, 0.4) is 0 Å². The Bertz CT molecular complexity index is 347. The van der Waals surface area contributed by atoms with E-state index in [1.807, 2.05) is 24.3 Å². The molecule has 0 radical (unpaired) electrons. The molecule has 0 bridgehead atoms. The van der Waals surface area contributed by atoms with E-state index in [4.69, 9.17) is 15.2 Å². The number of nitrogens with one attached hydrogen (secondary N) is 1. The van der Waals surface area contributed by atoms with Crippen molar-refractivity contribution in [1.29, 1.82) is 0 Å². The van der Waals surface area contributed by atoms with Gasteiger partial charge in [0.15, 0.2) is 0 Å². The standard InChI is InChI=1S/C14H22N2O2/c1-17-9-10-18-12-6-4-11(5-7-12)14(15)13-3-2-8-16-13/h4-7,13-14,16H,2-3,8-10,15H2,1H3. The molecule has 1 saturated heterocycles. The zero-order valence-corrected chi connectivity index (χ0v) is 10.9. The van der Waals surface area contributed by atoms with Crippen molar-refractivity contribution in [3.05, 3.63) is 29.8 Å². The molecule has 18 heavy (non-hydrogen) atoms. The minimum Gasteiger partial charge on any atom is -0.491 e. The van der Waals surface area contributed by atoms with E-state index in [2.05, 4.69) is 5.32 Å². The van der Waals surface area contributed by atoms with Crippen LogP contribution in [0, 0.1) is 0 Å². The first kappa shape index (κ1) is 13.3. The van der Waals surface area contributed by atoms with E-state index in [1.165, 1.54) is 6.42 Å². The summed E-state index contributed by atoms with van der Waals surface area (Å²) in [5.74, 6) is 0.863. The minimum absolute atomic E-state index is 0.0699. The largest absolute Gasteiger partial charge is 0.491 e. The van der Waals surface area contributed by atoms with Gasteiger partial charge < -0.3 is 20.5 Å². The third kappa shape index (κ3) is 3.45. The van der Waals surface area contributed by atoms with Gasteiger partial charge in [0.05, 0.1) is 6.61 Å². The van der Waals surface area contributed by atoms with Crippen LogP contribution in [0.15, 0.2) is 24.3 Å². The third-order valence-corrected chi connectivity index (χ3v) is 3.35. The van der Waals surface area contributed by atoms with E-state index in [0.717, 1.165) is 24.3 Å². The molecule has 1 aliphatic rings. The summed E-state index contributed by atoms with van der Waals surface area (Å²) in [5, 5.41) is 3.44. The Morgan fingerprint density at radius 2 is 2.11 bits per heavy atom. The van der Waals surface area contributed by atoms with Crippen molar-refractivity contribution < 1.29 is 9.47 Å². The summed E-state index contributed by atoms with van der Waals surface area (Å²) in [4.78, 5) is 0. The fourth-order valence-corrected chi connectivity index (χ4v) is 2.28. The molecule has 3 N–H and O–H groups in total. The Balaban J connectivity index is 1.89. The molecule has 2 atom stereocenters. The van der Waals surface area contributed by atoms with Crippen LogP contribution in [0.25, 0.3) is 0 Å². The van der Waals surface area contributed by atoms with E-state index in [9.17, 15) is 0 Å². The number of hydrogen-bond acceptors (Lipinski definition) is 4. The molecule has 2 rings (SSSR count). The smallest absolute Gasteiger partial charge is 0.119 e. The topological polar surface area (TPSA) is 56.5 Å². The van der Waals surface area contributed by atoms with E-state index >= 15 is 0 Å².